The number of amides is 2. The van der Waals surface area contributed by atoms with Crippen LogP contribution in [0.15, 0.2) is 47.4 Å². The number of sulfonamides is 1. The first kappa shape index (κ1) is 24.6. The Kier molecular flexibility index (Phi) is 8.03. The molecule has 1 aliphatic rings. The number of methoxy groups -OCH3 is 1. The Hall–Kier alpha value is -2.99. The number of benzene rings is 2. The predicted molar refractivity (Wildman–Crippen MR) is 117 cm³/mol. The third kappa shape index (κ3) is 5.88. The van der Waals surface area contributed by atoms with E-state index in [4.69, 9.17) is 25.8 Å². The van der Waals surface area contributed by atoms with Crippen molar-refractivity contribution >= 4 is 39.4 Å². The van der Waals surface area contributed by atoms with E-state index in [1.54, 1.807) is 18.2 Å². The van der Waals surface area contributed by atoms with E-state index in [0.29, 0.717) is 0 Å². The Balaban J connectivity index is 1.65. The molecule has 2 aromatic rings. The van der Waals surface area contributed by atoms with Crippen molar-refractivity contribution in [3.63, 3.8) is 0 Å². The van der Waals surface area contributed by atoms with Crippen molar-refractivity contribution in [2.75, 3.05) is 40.0 Å². The maximum atomic E-state index is 12.9. The number of nitrogens with zero attached hydrogens (tertiary/aromatic N) is 1. The molecular formula is C21H21ClN2O8S. The lowest BCUT2D eigenvalue weighted by Crippen LogP contribution is -2.40. The first-order valence-corrected chi connectivity index (χ1v) is 11.6. The van der Waals surface area contributed by atoms with Crippen LogP contribution in [0.2, 0.25) is 5.02 Å². The Bertz CT molecular complexity index is 1160. The molecule has 1 fully saturated rings. The van der Waals surface area contributed by atoms with Crippen molar-refractivity contribution in [3.8, 4) is 5.75 Å². The SMILES string of the molecule is COc1ccccc1C(=O)NC(=O)COC(=O)c1ccc(Cl)c(S(=O)(=O)N2CCOCC2)c1. The summed E-state index contributed by atoms with van der Waals surface area (Å²) in [6.45, 7) is 0.0674. The first-order valence-electron chi connectivity index (χ1n) is 9.76. The van der Waals surface area contributed by atoms with Crippen LogP contribution >= 0.6 is 11.6 Å². The van der Waals surface area contributed by atoms with Crippen LogP contribution in [0.3, 0.4) is 0 Å². The molecule has 1 heterocycles. The number of imide groups is 1. The summed E-state index contributed by atoms with van der Waals surface area (Å²) in [4.78, 5) is 36.4. The van der Waals surface area contributed by atoms with E-state index in [1.807, 2.05) is 0 Å². The van der Waals surface area contributed by atoms with Gasteiger partial charge in [-0.2, -0.15) is 4.31 Å². The van der Waals surface area contributed by atoms with Crippen LogP contribution in [0, 0.1) is 0 Å². The summed E-state index contributed by atoms with van der Waals surface area (Å²) < 4.78 is 42.1. The van der Waals surface area contributed by atoms with Crippen LogP contribution < -0.4 is 10.1 Å². The zero-order valence-corrected chi connectivity index (χ0v) is 19.1. The molecule has 0 radical (unpaired) electrons. The van der Waals surface area contributed by atoms with Crippen molar-refractivity contribution in [2.45, 2.75) is 4.90 Å². The fraction of sp³-hybridized carbons (Fsp3) is 0.286. The maximum absolute atomic E-state index is 12.9. The zero-order valence-electron chi connectivity index (χ0n) is 17.6. The second-order valence-electron chi connectivity index (χ2n) is 6.82. The average molecular weight is 497 g/mol. The molecule has 176 valence electrons. The number of hydrogen-bond acceptors (Lipinski definition) is 8. The highest BCUT2D eigenvalue weighted by molar-refractivity contribution is 7.89. The minimum Gasteiger partial charge on any atom is -0.496 e. The molecular weight excluding hydrogens is 476 g/mol. The lowest BCUT2D eigenvalue weighted by atomic mass is 10.2. The summed E-state index contributed by atoms with van der Waals surface area (Å²) in [6.07, 6.45) is 0. The van der Waals surface area contributed by atoms with Crippen molar-refractivity contribution in [3.05, 3.63) is 58.6 Å². The standard InChI is InChI=1S/C21H21ClN2O8S/c1-30-17-5-3-2-4-15(17)20(26)23-19(25)13-32-21(27)14-6-7-16(22)18(12-14)33(28,29)24-8-10-31-11-9-24/h2-7,12H,8-11,13H2,1H3,(H,23,25,26). The first-order chi connectivity index (χ1) is 15.7. The number of rotatable bonds is 7. The second kappa shape index (κ2) is 10.8. The molecule has 0 aliphatic carbocycles. The Morgan fingerprint density at radius 3 is 2.52 bits per heavy atom. The third-order valence-corrected chi connectivity index (χ3v) is 7.07. The molecule has 2 amide bonds. The van der Waals surface area contributed by atoms with E-state index in [2.05, 4.69) is 5.32 Å². The van der Waals surface area contributed by atoms with Gasteiger partial charge in [0, 0.05) is 13.1 Å². The molecule has 1 N–H and O–H groups in total. The number of morpholine rings is 1. The molecule has 33 heavy (non-hydrogen) atoms. The summed E-state index contributed by atoms with van der Waals surface area (Å²) in [5, 5.41) is 2.04. The van der Waals surface area contributed by atoms with Gasteiger partial charge >= 0.3 is 5.97 Å². The van der Waals surface area contributed by atoms with Crippen LogP contribution in [0.4, 0.5) is 0 Å². The molecule has 1 saturated heterocycles. The Labute approximate surface area is 195 Å². The summed E-state index contributed by atoms with van der Waals surface area (Å²) >= 11 is 6.07. The minimum absolute atomic E-state index is 0.0572. The average Bonchev–Trinajstić information content (AvgIpc) is 2.83. The highest BCUT2D eigenvalue weighted by atomic mass is 35.5. The molecule has 1 aliphatic heterocycles. The molecule has 0 unspecified atom stereocenters. The van der Waals surface area contributed by atoms with E-state index in [-0.39, 0.29) is 53.1 Å². The van der Waals surface area contributed by atoms with Crippen molar-refractivity contribution in [1.29, 1.82) is 0 Å². The monoisotopic (exact) mass is 496 g/mol. The van der Waals surface area contributed by atoms with Crippen LogP contribution in [0.1, 0.15) is 20.7 Å². The maximum Gasteiger partial charge on any atom is 0.338 e. The molecule has 0 bridgehead atoms. The molecule has 0 atom stereocenters. The number of hydrogen-bond donors (Lipinski definition) is 1. The van der Waals surface area contributed by atoms with Crippen LogP contribution in [-0.2, 0) is 24.3 Å². The van der Waals surface area contributed by atoms with Crippen molar-refractivity contribution in [2.24, 2.45) is 0 Å². The van der Waals surface area contributed by atoms with E-state index < -0.39 is 34.4 Å². The quantitative estimate of drug-likeness (QED) is 0.571. The molecule has 0 spiro atoms. The number of para-hydroxylation sites is 1. The van der Waals surface area contributed by atoms with E-state index in [1.165, 1.54) is 29.6 Å². The van der Waals surface area contributed by atoms with Gasteiger partial charge in [0.15, 0.2) is 6.61 Å². The smallest absolute Gasteiger partial charge is 0.338 e. The van der Waals surface area contributed by atoms with E-state index >= 15 is 0 Å². The van der Waals surface area contributed by atoms with Gasteiger partial charge in [0.25, 0.3) is 11.8 Å². The molecule has 10 nitrogen and oxygen atoms in total. The van der Waals surface area contributed by atoms with Gasteiger partial charge in [0.2, 0.25) is 10.0 Å². The summed E-state index contributed by atoms with van der Waals surface area (Å²) in [5.74, 6) is -2.27. The fourth-order valence-electron chi connectivity index (χ4n) is 3.03. The molecule has 2 aromatic carbocycles. The van der Waals surface area contributed by atoms with Gasteiger partial charge in [-0.1, -0.05) is 23.7 Å². The number of carbonyl (C=O) groups is 3. The number of nitrogens with one attached hydrogen (secondary N) is 1. The van der Waals surface area contributed by atoms with Crippen LogP contribution in [0.5, 0.6) is 5.75 Å². The van der Waals surface area contributed by atoms with Gasteiger partial charge in [0.05, 0.1) is 36.5 Å². The van der Waals surface area contributed by atoms with Crippen LogP contribution in [0.25, 0.3) is 0 Å². The van der Waals surface area contributed by atoms with Gasteiger partial charge in [0.1, 0.15) is 10.6 Å². The molecule has 0 saturated carbocycles. The molecule has 3 rings (SSSR count). The summed E-state index contributed by atoms with van der Waals surface area (Å²) in [7, 11) is -2.57. The lowest BCUT2D eigenvalue weighted by molar-refractivity contribution is -0.123. The summed E-state index contributed by atoms with van der Waals surface area (Å²) in [5.41, 5.74) is 0.0189. The number of carbonyl (C=O) groups excluding carboxylic acids is 3. The second-order valence-corrected chi connectivity index (χ2v) is 9.13. The molecule has 12 heteroatoms. The van der Waals surface area contributed by atoms with Crippen molar-refractivity contribution in [1.82, 2.24) is 9.62 Å². The van der Waals surface area contributed by atoms with Crippen LogP contribution in [-0.4, -0.2) is 70.5 Å². The van der Waals surface area contributed by atoms with Gasteiger partial charge < -0.3 is 14.2 Å². The van der Waals surface area contributed by atoms with Gasteiger partial charge in [-0.05, 0) is 30.3 Å². The fourth-order valence-corrected chi connectivity index (χ4v) is 4.94. The van der Waals surface area contributed by atoms with Crippen molar-refractivity contribution < 1.29 is 37.0 Å². The Morgan fingerprint density at radius 1 is 1.12 bits per heavy atom. The van der Waals surface area contributed by atoms with Gasteiger partial charge in [-0.3, -0.25) is 14.9 Å². The highest BCUT2D eigenvalue weighted by Crippen LogP contribution is 2.27. The van der Waals surface area contributed by atoms with E-state index in [9.17, 15) is 22.8 Å². The minimum atomic E-state index is -3.96. The largest absolute Gasteiger partial charge is 0.496 e. The zero-order chi connectivity index (χ0) is 24.0. The number of esters is 1. The van der Waals surface area contributed by atoms with Gasteiger partial charge in [-0.25, -0.2) is 13.2 Å². The third-order valence-electron chi connectivity index (χ3n) is 4.69. The number of halogens is 1. The predicted octanol–water partition coefficient (Wildman–Crippen LogP) is 1.48. The van der Waals surface area contributed by atoms with Gasteiger partial charge in [-0.15, -0.1) is 0 Å². The summed E-state index contributed by atoms with van der Waals surface area (Å²) in [6, 6.07) is 9.93. The highest BCUT2D eigenvalue weighted by Gasteiger charge is 2.29. The topological polar surface area (TPSA) is 128 Å². The normalized spacial score (nSPS) is 14.4. The lowest BCUT2D eigenvalue weighted by Gasteiger charge is -2.26. The van der Waals surface area contributed by atoms with E-state index in [0.717, 1.165) is 6.07 Å². The molecule has 0 aromatic heterocycles. The number of ether oxygens (including phenoxy) is 3. The Morgan fingerprint density at radius 2 is 1.82 bits per heavy atom.